The number of benzene rings is 4. The van der Waals surface area contributed by atoms with Crippen LogP contribution in [0.1, 0.15) is 18.4 Å². The number of halogens is 1. The van der Waals surface area contributed by atoms with Crippen molar-refractivity contribution in [2.24, 2.45) is 0 Å². The van der Waals surface area contributed by atoms with Gasteiger partial charge in [-0.2, -0.15) is 0 Å². The fourth-order valence-corrected chi connectivity index (χ4v) is 6.12. The van der Waals surface area contributed by atoms with Crippen LogP contribution in [-0.2, 0) is 5.66 Å². The van der Waals surface area contributed by atoms with Gasteiger partial charge in [0, 0.05) is 22.7 Å². The maximum atomic E-state index is 14.2. The molecule has 0 saturated heterocycles. The molecule has 2 N–H and O–H groups in total. The number of para-hydroxylation sites is 2. The number of anilines is 2. The molecular weight excluding hydrogens is 624 g/mol. The number of nitrogens with one attached hydrogen (secondary N) is 2. The second-order valence-corrected chi connectivity index (χ2v) is 11.3. The number of rotatable bonds is 12. The topological polar surface area (TPSA) is 110 Å². The Morgan fingerprint density at radius 3 is 2.02 bits per heavy atom. The highest BCUT2D eigenvalue weighted by molar-refractivity contribution is 6.30. The Hall–Kier alpha value is -5.22. The lowest BCUT2D eigenvalue weighted by molar-refractivity contribution is 0.286. The first-order chi connectivity index (χ1) is 22.8. The van der Waals surface area contributed by atoms with Crippen LogP contribution in [0.15, 0.2) is 82.0 Å². The van der Waals surface area contributed by atoms with E-state index in [4.69, 9.17) is 44.4 Å². The van der Waals surface area contributed by atoms with Crippen LogP contribution in [0.25, 0.3) is 22.3 Å². The molecule has 1 aromatic heterocycles. The molecule has 5 aromatic rings. The van der Waals surface area contributed by atoms with E-state index in [-0.39, 0.29) is 29.1 Å². The van der Waals surface area contributed by atoms with Gasteiger partial charge in [0.1, 0.15) is 28.1 Å². The van der Waals surface area contributed by atoms with Gasteiger partial charge >= 0.3 is 0 Å². The summed E-state index contributed by atoms with van der Waals surface area (Å²) in [5, 5.41) is 8.16. The first-order valence-electron chi connectivity index (χ1n) is 14.9. The molecule has 0 bridgehead atoms. The van der Waals surface area contributed by atoms with E-state index in [9.17, 15) is 4.79 Å². The highest BCUT2D eigenvalue weighted by atomic mass is 35.5. The van der Waals surface area contributed by atoms with Crippen LogP contribution in [0.3, 0.4) is 0 Å². The number of hydrogen-bond donors (Lipinski definition) is 2. The summed E-state index contributed by atoms with van der Waals surface area (Å²) < 4.78 is 40.5. The third-order valence-corrected chi connectivity index (χ3v) is 8.39. The molecular formula is C36H35ClN2O8. The van der Waals surface area contributed by atoms with Gasteiger partial charge in [-0.05, 0) is 54.8 Å². The summed E-state index contributed by atoms with van der Waals surface area (Å²) in [5.41, 5.74) is 2.64. The average molecular weight is 659 g/mol. The lowest BCUT2D eigenvalue weighted by Crippen LogP contribution is -2.39. The second-order valence-electron chi connectivity index (χ2n) is 10.9. The molecule has 0 amide bonds. The van der Waals surface area contributed by atoms with Crippen molar-refractivity contribution in [2.75, 3.05) is 52.8 Å². The van der Waals surface area contributed by atoms with E-state index in [1.54, 1.807) is 24.3 Å². The lowest BCUT2D eigenvalue weighted by Gasteiger charge is -2.32. The SMILES string of the molecule is COc1cc(OC)c2c(=O)c(OCCCC3(c4cccc(Cl)c4)Nc4ccccc4N3)c(-c3cc(OC)c(OC)c(OC)c3)oc2c1. The highest BCUT2D eigenvalue weighted by Crippen LogP contribution is 2.45. The Labute approximate surface area is 277 Å². The first kappa shape index (κ1) is 31.7. The van der Waals surface area contributed by atoms with E-state index in [1.807, 2.05) is 48.5 Å². The summed E-state index contributed by atoms with van der Waals surface area (Å²) in [6.45, 7) is 0.189. The summed E-state index contributed by atoms with van der Waals surface area (Å²) in [4.78, 5) is 14.2. The van der Waals surface area contributed by atoms with E-state index in [0.29, 0.717) is 52.2 Å². The molecule has 0 radical (unpaired) electrons. The molecule has 244 valence electrons. The van der Waals surface area contributed by atoms with Crippen LogP contribution < -0.4 is 44.5 Å². The Morgan fingerprint density at radius 1 is 0.745 bits per heavy atom. The van der Waals surface area contributed by atoms with Gasteiger partial charge in [0.25, 0.3) is 0 Å². The van der Waals surface area contributed by atoms with Crippen LogP contribution in [0.5, 0.6) is 34.5 Å². The zero-order chi connectivity index (χ0) is 33.1. The van der Waals surface area contributed by atoms with Crippen molar-refractivity contribution in [1.29, 1.82) is 0 Å². The molecule has 0 saturated carbocycles. The molecule has 11 heteroatoms. The van der Waals surface area contributed by atoms with E-state index in [0.717, 1.165) is 16.9 Å². The lowest BCUT2D eigenvalue weighted by atomic mass is 9.95. The van der Waals surface area contributed by atoms with Crippen molar-refractivity contribution in [3.8, 4) is 45.8 Å². The van der Waals surface area contributed by atoms with Crippen LogP contribution in [-0.4, -0.2) is 42.2 Å². The largest absolute Gasteiger partial charge is 0.496 e. The standard InChI is InChI=1S/C36H35ClN2O8/c1-41-24-19-27(42-2)31-28(20-24)47-33(21-16-29(43-3)34(45-5)30(17-21)44-4)35(32(31)40)46-15-9-14-36(22-10-8-11-23(37)18-22)38-25-12-6-7-13-26(25)39-36/h6-8,10-13,16-20,38-39H,9,14-15H2,1-5H3. The molecule has 0 atom stereocenters. The summed E-state index contributed by atoms with van der Waals surface area (Å²) in [6, 6.07) is 22.4. The van der Waals surface area contributed by atoms with Crippen molar-refractivity contribution in [1.82, 2.24) is 0 Å². The van der Waals surface area contributed by atoms with Crippen molar-refractivity contribution in [2.45, 2.75) is 18.5 Å². The van der Waals surface area contributed by atoms with Gasteiger partial charge in [0.2, 0.25) is 16.9 Å². The Bertz CT molecular complexity index is 1940. The Kier molecular flexibility index (Phi) is 8.95. The molecule has 10 nitrogen and oxygen atoms in total. The summed E-state index contributed by atoms with van der Waals surface area (Å²) >= 11 is 6.42. The molecule has 6 rings (SSSR count). The van der Waals surface area contributed by atoms with Gasteiger partial charge < -0.3 is 43.5 Å². The smallest absolute Gasteiger partial charge is 0.239 e. The zero-order valence-corrected chi connectivity index (χ0v) is 27.4. The molecule has 1 aliphatic rings. The molecule has 0 aliphatic carbocycles. The van der Waals surface area contributed by atoms with E-state index >= 15 is 0 Å². The fourth-order valence-electron chi connectivity index (χ4n) is 5.93. The molecule has 0 fully saturated rings. The van der Waals surface area contributed by atoms with Crippen molar-refractivity contribution < 1.29 is 32.8 Å². The van der Waals surface area contributed by atoms with E-state index < -0.39 is 11.1 Å². The van der Waals surface area contributed by atoms with Crippen LogP contribution in [0.4, 0.5) is 11.4 Å². The van der Waals surface area contributed by atoms with E-state index in [1.165, 1.54) is 35.5 Å². The van der Waals surface area contributed by atoms with Crippen molar-refractivity contribution in [3.05, 3.63) is 93.6 Å². The maximum absolute atomic E-state index is 14.2. The van der Waals surface area contributed by atoms with Crippen LogP contribution in [0, 0.1) is 0 Å². The zero-order valence-electron chi connectivity index (χ0n) is 26.7. The third-order valence-electron chi connectivity index (χ3n) is 8.16. The summed E-state index contributed by atoms with van der Waals surface area (Å²) in [7, 11) is 7.56. The van der Waals surface area contributed by atoms with Gasteiger partial charge in [-0.1, -0.05) is 35.9 Å². The molecule has 0 spiro atoms. The number of hydrogen-bond acceptors (Lipinski definition) is 10. The monoisotopic (exact) mass is 658 g/mol. The fraction of sp³-hybridized carbons (Fsp3) is 0.250. The predicted molar refractivity (Wildman–Crippen MR) is 182 cm³/mol. The number of fused-ring (bicyclic) bond motifs is 2. The molecule has 2 heterocycles. The van der Waals surface area contributed by atoms with Gasteiger partial charge in [0.05, 0.1) is 53.5 Å². The van der Waals surface area contributed by atoms with Crippen molar-refractivity contribution >= 4 is 33.9 Å². The molecule has 4 aromatic carbocycles. The Balaban J connectivity index is 1.39. The molecule has 1 aliphatic heterocycles. The highest BCUT2D eigenvalue weighted by Gasteiger charge is 2.37. The van der Waals surface area contributed by atoms with Gasteiger partial charge in [-0.3, -0.25) is 4.79 Å². The Morgan fingerprint density at radius 2 is 1.43 bits per heavy atom. The summed E-state index contributed by atoms with van der Waals surface area (Å²) in [5.74, 6) is 2.14. The minimum atomic E-state index is -0.647. The van der Waals surface area contributed by atoms with Crippen molar-refractivity contribution in [3.63, 3.8) is 0 Å². The summed E-state index contributed by atoms with van der Waals surface area (Å²) in [6.07, 6.45) is 1.15. The third kappa shape index (κ3) is 5.92. The van der Waals surface area contributed by atoms with E-state index in [2.05, 4.69) is 10.6 Å². The van der Waals surface area contributed by atoms with Crippen LogP contribution >= 0.6 is 11.6 Å². The minimum absolute atomic E-state index is 0.0164. The van der Waals surface area contributed by atoms with Crippen LogP contribution in [0.2, 0.25) is 5.02 Å². The molecule has 0 unspecified atom stereocenters. The molecule has 47 heavy (non-hydrogen) atoms. The minimum Gasteiger partial charge on any atom is -0.496 e. The number of methoxy groups -OCH3 is 5. The van der Waals surface area contributed by atoms with Gasteiger partial charge in [-0.15, -0.1) is 0 Å². The first-order valence-corrected chi connectivity index (χ1v) is 15.3. The predicted octanol–water partition coefficient (Wildman–Crippen LogP) is 7.71. The number of ether oxygens (including phenoxy) is 6. The van der Waals surface area contributed by atoms with Gasteiger partial charge in [0.15, 0.2) is 17.3 Å². The normalized spacial score (nSPS) is 12.9. The van der Waals surface area contributed by atoms with Gasteiger partial charge in [-0.25, -0.2) is 0 Å². The maximum Gasteiger partial charge on any atom is 0.239 e. The second kappa shape index (κ2) is 13.3. The quantitative estimate of drug-likeness (QED) is 0.129. The average Bonchev–Trinajstić information content (AvgIpc) is 3.49.